The van der Waals surface area contributed by atoms with Crippen LogP contribution in [-0.2, 0) is 19.6 Å². The number of rotatable bonds is 8. The van der Waals surface area contributed by atoms with E-state index in [9.17, 15) is 13.2 Å². The van der Waals surface area contributed by atoms with Crippen molar-refractivity contribution in [1.29, 1.82) is 0 Å². The lowest BCUT2D eigenvalue weighted by atomic mass is 10.1. The summed E-state index contributed by atoms with van der Waals surface area (Å²) in [6.45, 7) is 3.37. The molecule has 1 saturated heterocycles. The van der Waals surface area contributed by atoms with E-state index in [1.54, 1.807) is 30.3 Å². The first-order valence-corrected chi connectivity index (χ1v) is 12.6. The molecule has 7 nitrogen and oxygen atoms in total. The summed E-state index contributed by atoms with van der Waals surface area (Å²) in [6, 6.07) is 20.7. The molecule has 3 aromatic carbocycles. The molecule has 4 rings (SSSR count). The molecule has 0 spiro atoms. The van der Waals surface area contributed by atoms with Gasteiger partial charge in [-0.3, -0.25) is 4.90 Å². The van der Waals surface area contributed by atoms with Crippen LogP contribution in [0.1, 0.15) is 5.56 Å². The molecular formula is C26H28N2O5S. The van der Waals surface area contributed by atoms with Crippen molar-refractivity contribution in [3.8, 4) is 5.75 Å². The molecule has 34 heavy (non-hydrogen) atoms. The summed E-state index contributed by atoms with van der Waals surface area (Å²) >= 11 is 0. The molecule has 1 heterocycles. The number of carbonyl (C=O) groups is 1. The maximum atomic E-state index is 13.1. The molecule has 0 aromatic heterocycles. The quantitative estimate of drug-likeness (QED) is 0.363. The normalized spacial score (nSPS) is 15.6. The van der Waals surface area contributed by atoms with Crippen LogP contribution in [0.2, 0.25) is 0 Å². The molecule has 0 atom stereocenters. The smallest absolute Gasteiger partial charge is 0.330 e. The van der Waals surface area contributed by atoms with Crippen LogP contribution in [-0.4, -0.2) is 70.0 Å². The Bertz CT molecular complexity index is 1280. The lowest BCUT2D eigenvalue weighted by Gasteiger charge is -2.33. The standard InChI is InChI=1S/C26H28N2O5S/c1-32-26(29)13-12-21-6-4-9-23(20-21)34(30,31)28-16-14-27(15-17-28)18-19-33-25-11-5-8-22-7-2-3-10-24(22)25/h2-13,20H,14-19H2,1H3. The fourth-order valence-electron chi connectivity index (χ4n) is 3.96. The van der Waals surface area contributed by atoms with E-state index in [2.05, 4.69) is 27.8 Å². The molecule has 0 unspecified atom stereocenters. The van der Waals surface area contributed by atoms with Gasteiger partial charge in [0.2, 0.25) is 10.0 Å². The van der Waals surface area contributed by atoms with Gasteiger partial charge in [0.1, 0.15) is 12.4 Å². The molecule has 1 aliphatic rings. The van der Waals surface area contributed by atoms with E-state index in [1.165, 1.54) is 17.5 Å². The van der Waals surface area contributed by atoms with Crippen molar-refractivity contribution in [3.63, 3.8) is 0 Å². The summed E-state index contributed by atoms with van der Waals surface area (Å²) in [7, 11) is -2.32. The van der Waals surface area contributed by atoms with E-state index in [0.29, 0.717) is 38.3 Å². The molecule has 0 saturated carbocycles. The van der Waals surface area contributed by atoms with Crippen LogP contribution in [0.15, 0.2) is 77.7 Å². The Labute approximate surface area is 200 Å². The molecule has 0 amide bonds. The first-order chi connectivity index (χ1) is 16.5. The molecule has 1 aliphatic heterocycles. The Hall–Kier alpha value is -3.20. The highest BCUT2D eigenvalue weighted by Crippen LogP contribution is 2.25. The fourth-order valence-corrected chi connectivity index (χ4v) is 5.44. The van der Waals surface area contributed by atoms with E-state index in [1.807, 2.05) is 24.3 Å². The molecule has 0 aliphatic carbocycles. The number of ether oxygens (including phenoxy) is 2. The number of hydrogen-bond donors (Lipinski definition) is 0. The van der Waals surface area contributed by atoms with Crippen molar-refractivity contribution in [2.24, 2.45) is 0 Å². The highest BCUT2D eigenvalue weighted by Gasteiger charge is 2.28. The first kappa shape index (κ1) is 23.9. The van der Waals surface area contributed by atoms with Crippen LogP contribution in [0.5, 0.6) is 5.75 Å². The van der Waals surface area contributed by atoms with E-state index < -0.39 is 16.0 Å². The van der Waals surface area contributed by atoms with Crippen LogP contribution in [0, 0.1) is 0 Å². The van der Waals surface area contributed by atoms with Crippen molar-refractivity contribution in [2.45, 2.75) is 4.90 Å². The van der Waals surface area contributed by atoms with E-state index >= 15 is 0 Å². The lowest BCUT2D eigenvalue weighted by Crippen LogP contribution is -2.49. The largest absolute Gasteiger partial charge is 0.492 e. The van der Waals surface area contributed by atoms with E-state index in [0.717, 1.165) is 23.1 Å². The maximum Gasteiger partial charge on any atom is 0.330 e. The summed E-state index contributed by atoms with van der Waals surface area (Å²) in [4.78, 5) is 13.7. The Kier molecular flexibility index (Phi) is 7.62. The lowest BCUT2D eigenvalue weighted by molar-refractivity contribution is -0.134. The number of methoxy groups -OCH3 is 1. The number of piperazine rings is 1. The molecule has 0 N–H and O–H groups in total. The SMILES string of the molecule is COC(=O)C=Cc1cccc(S(=O)(=O)N2CCN(CCOc3cccc4ccccc34)CC2)c1. The van der Waals surface area contributed by atoms with Crippen molar-refractivity contribution < 1.29 is 22.7 Å². The zero-order chi connectivity index (χ0) is 24.0. The Morgan fingerprint density at radius 3 is 2.50 bits per heavy atom. The van der Waals surface area contributed by atoms with Crippen molar-refractivity contribution in [2.75, 3.05) is 46.4 Å². The van der Waals surface area contributed by atoms with E-state index in [-0.39, 0.29) is 4.90 Å². The summed E-state index contributed by atoms with van der Waals surface area (Å²) in [5.41, 5.74) is 0.621. The maximum absolute atomic E-state index is 13.1. The van der Waals surface area contributed by atoms with Gasteiger partial charge in [-0.05, 0) is 35.2 Å². The molecular weight excluding hydrogens is 452 g/mol. The van der Waals surface area contributed by atoms with Gasteiger partial charge >= 0.3 is 5.97 Å². The number of benzene rings is 3. The predicted octanol–water partition coefficient (Wildman–Crippen LogP) is 3.41. The highest BCUT2D eigenvalue weighted by molar-refractivity contribution is 7.89. The number of nitrogens with zero attached hydrogens (tertiary/aromatic N) is 2. The topological polar surface area (TPSA) is 76.2 Å². The van der Waals surface area contributed by atoms with Gasteiger partial charge in [-0.2, -0.15) is 4.31 Å². The second-order valence-electron chi connectivity index (χ2n) is 8.00. The van der Waals surface area contributed by atoms with Crippen LogP contribution in [0.25, 0.3) is 16.8 Å². The Morgan fingerprint density at radius 1 is 0.971 bits per heavy atom. The monoisotopic (exact) mass is 480 g/mol. The van der Waals surface area contributed by atoms with E-state index in [4.69, 9.17) is 4.74 Å². The molecule has 178 valence electrons. The van der Waals surface area contributed by atoms with Gasteiger partial charge in [0, 0.05) is 44.2 Å². The van der Waals surface area contributed by atoms with Gasteiger partial charge in [-0.1, -0.05) is 48.5 Å². The van der Waals surface area contributed by atoms with Gasteiger partial charge in [-0.15, -0.1) is 0 Å². The molecule has 0 bridgehead atoms. The van der Waals surface area contributed by atoms with Gasteiger partial charge < -0.3 is 9.47 Å². The third kappa shape index (κ3) is 5.64. The van der Waals surface area contributed by atoms with Crippen LogP contribution < -0.4 is 4.74 Å². The van der Waals surface area contributed by atoms with Crippen LogP contribution in [0.4, 0.5) is 0 Å². The van der Waals surface area contributed by atoms with Crippen LogP contribution >= 0.6 is 0 Å². The second kappa shape index (κ2) is 10.8. The summed E-state index contributed by atoms with van der Waals surface area (Å²) < 4.78 is 38.4. The van der Waals surface area contributed by atoms with Gasteiger partial charge in [0.05, 0.1) is 12.0 Å². The first-order valence-electron chi connectivity index (χ1n) is 11.2. The van der Waals surface area contributed by atoms with Crippen LogP contribution in [0.3, 0.4) is 0 Å². The summed E-state index contributed by atoms with van der Waals surface area (Å²) in [5.74, 6) is 0.370. The van der Waals surface area contributed by atoms with Crippen molar-refractivity contribution >= 4 is 32.8 Å². The Balaban J connectivity index is 1.31. The second-order valence-corrected chi connectivity index (χ2v) is 9.94. The highest BCUT2D eigenvalue weighted by atomic mass is 32.2. The third-order valence-corrected chi connectivity index (χ3v) is 7.75. The van der Waals surface area contributed by atoms with Gasteiger partial charge in [-0.25, -0.2) is 13.2 Å². The number of fused-ring (bicyclic) bond motifs is 1. The van der Waals surface area contributed by atoms with Crippen molar-refractivity contribution in [1.82, 2.24) is 9.21 Å². The molecule has 0 radical (unpaired) electrons. The van der Waals surface area contributed by atoms with Gasteiger partial charge in [0.15, 0.2) is 0 Å². The zero-order valence-corrected chi connectivity index (χ0v) is 19.9. The predicted molar refractivity (Wildman–Crippen MR) is 132 cm³/mol. The average Bonchev–Trinajstić information content (AvgIpc) is 2.88. The summed E-state index contributed by atoms with van der Waals surface area (Å²) in [6.07, 6.45) is 2.81. The third-order valence-electron chi connectivity index (χ3n) is 5.85. The molecule has 3 aromatic rings. The number of hydrogen-bond acceptors (Lipinski definition) is 6. The minimum Gasteiger partial charge on any atom is -0.492 e. The number of carbonyl (C=O) groups excluding carboxylic acids is 1. The number of sulfonamides is 1. The molecule has 8 heteroatoms. The molecule has 1 fully saturated rings. The fraction of sp³-hybridized carbons (Fsp3) is 0.269. The van der Waals surface area contributed by atoms with Crippen molar-refractivity contribution in [3.05, 3.63) is 78.4 Å². The zero-order valence-electron chi connectivity index (χ0n) is 19.1. The van der Waals surface area contributed by atoms with Gasteiger partial charge in [0.25, 0.3) is 0 Å². The summed E-state index contributed by atoms with van der Waals surface area (Å²) in [5, 5.41) is 2.23. The Morgan fingerprint density at radius 2 is 1.71 bits per heavy atom. The minimum atomic E-state index is -3.61. The average molecular weight is 481 g/mol. The number of esters is 1. The minimum absolute atomic E-state index is 0.215.